The lowest BCUT2D eigenvalue weighted by Crippen LogP contribution is -2.46. The summed E-state index contributed by atoms with van der Waals surface area (Å²) in [5, 5.41) is 7.79. The van der Waals surface area contributed by atoms with Crippen LogP contribution < -0.4 is 26.0 Å². The quantitative estimate of drug-likeness (QED) is 0.240. The zero-order chi connectivity index (χ0) is 35.2. The van der Waals surface area contributed by atoms with Crippen LogP contribution in [-0.4, -0.2) is 87.0 Å². The van der Waals surface area contributed by atoms with Gasteiger partial charge in [0.15, 0.2) is 0 Å². The molecule has 8 rings (SSSR count). The van der Waals surface area contributed by atoms with Crippen LogP contribution in [0, 0.1) is 0 Å². The zero-order valence-corrected chi connectivity index (χ0v) is 28.7. The Balaban J connectivity index is 0.928. The number of rotatable bonds is 7. The van der Waals surface area contributed by atoms with Crippen LogP contribution in [-0.2, 0) is 9.59 Å². The minimum absolute atomic E-state index is 0.0380. The molecule has 14 heteroatoms. The number of amides is 3. The number of benzene rings is 1. The fourth-order valence-electron chi connectivity index (χ4n) is 7.62. The van der Waals surface area contributed by atoms with Crippen LogP contribution in [0.1, 0.15) is 61.1 Å². The molecule has 1 saturated carbocycles. The van der Waals surface area contributed by atoms with E-state index >= 15 is 0 Å². The van der Waals surface area contributed by atoms with E-state index in [2.05, 4.69) is 35.0 Å². The van der Waals surface area contributed by atoms with E-state index in [4.69, 9.17) is 4.98 Å². The molecule has 2 N–H and O–H groups in total. The number of fused-ring (bicyclic) bond motifs is 2. The van der Waals surface area contributed by atoms with Crippen LogP contribution in [0.15, 0.2) is 65.8 Å². The first-order valence-electron chi connectivity index (χ1n) is 17.5. The van der Waals surface area contributed by atoms with Gasteiger partial charge in [0, 0.05) is 81.6 Å². The standard InChI is InChI=1S/C37H40N10O4/c1-43(2)36(51)30-20-24-21-39-37(42-33(24)47(30)25-5-3-4-6-25)40-31-11-8-27(22-38-31)45-17-15-44(16-18-45)26-7-9-28-23(19-26)13-14-46(35(28)50)29-10-12-32(48)41-34(29)49/h7-9,11,13-14,19-22,25,29H,3-6,10,12,15-18H2,1-2H3,(H,41,48,49)(H,38,39,40,42)/t29-/m1/s1. The fraction of sp³-hybridized carbons (Fsp3) is 0.378. The van der Waals surface area contributed by atoms with E-state index in [1.54, 1.807) is 31.4 Å². The topological polar surface area (TPSA) is 151 Å². The Labute approximate surface area is 294 Å². The highest BCUT2D eigenvalue weighted by atomic mass is 16.2. The second-order valence-corrected chi connectivity index (χ2v) is 13.8. The highest BCUT2D eigenvalue weighted by molar-refractivity contribution is 6.00. The fourth-order valence-corrected chi connectivity index (χ4v) is 7.62. The van der Waals surface area contributed by atoms with Gasteiger partial charge in [0.05, 0.1) is 11.9 Å². The molecule has 1 aromatic carbocycles. The average molecular weight is 689 g/mol. The second-order valence-electron chi connectivity index (χ2n) is 13.8. The predicted octanol–water partition coefficient (Wildman–Crippen LogP) is 4.01. The van der Waals surface area contributed by atoms with E-state index in [0.29, 0.717) is 29.3 Å². The smallest absolute Gasteiger partial charge is 0.270 e. The van der Waals surface area contributed by atoms with Crippen molar-refractivity contribution < 1.29 is 14.4 Å². The van der Waals surface area contributed by atoms with Gasteiger partial charge < -0.3 is 29.2 Å². The summed E-state index contributed by atoms with van der Waals surface area (Å²) in [5.41, 5.74) is 3.22. The highest BCUT2D eigenvalue weighted by Gasteiger charge is 2.29. The molecule has 6 heterocycles. The molecule has 5 aromatic rings. The highest BCUT2D eigenvalue weighted by Crippen LogP contribution is 2.35. The lowest BCUT2D eigenvalue weighted by Gasteiger charge is -2.37. The summed E-state index contributed by atoms with van der Waals surface area (Å²) in [4.78, 5) is 70.5. The SMILES string of the molecule is CN(C)C(=O)c1cc2cnc(Nc3ccc(N4CCN(c5ccc6c(=O)n([C@@H]7CCC(=O)NC7=O)ccc6c5)CC4)cn3)nc2n1C1CCCC1. The Morgan fingerprint density at radius 1 is 0.863 bits per heavy atom. The first kappa shape index (κ1) is 32.4. The second kappa shape index (κ2) is 13.2. The molecule has 2 aliphatic heterocycles. The number of hydrogen-bond donors (Lipinski definition) is 2. The van der Waals surface area contributed by atoms with Gasteiger partial charge in [0.2, 0.25) is 17.8 Å². The lowest BCUT2D eigenvalue weighted by atomic mass is 10.0. The number of piperazine rings is 1. The van der Waals surface area contributed by atoms with Crippen molar-refractivity contribution in [1.29, 1.82) is 0 Å². The molecule has 0 unspecified atom stereocenters. The number of piperidine rings is 1. The number of carbonyl (C=O) groups is 3. The zero-order valence-electron chi connectivity index (χ0n) is 28.7. The van der Waals surface area contributed by atoms with Crippen LogP contribution in [0.2, 0.25) is 0 Å². The third-order valence-electron chi connectivity index (χ3n) is 10.3. The summed E-state index contributed by atoms with van der Waals surface area (Å²) < 4.78 is 3.54. The first-order valence-corrected chi connectivity index (χ1v) is 17.5. The molecule has 1 atom stereocenters. The maximum Gasteiger partial charge on any atom is 0.270 e. The van der Waals surface area contributed by atoms with Gasteiger partial charge in [-0.3, -0.25) is 24.5 Å². The Morgan fingerprint density at radius 2 is 1.61 bits per heavy atom. The van der Waals surface area contributed by atoms with E-state index in [9.17, 15) is 19.2 Å². The van der Waals surface area contributed by atoms with Crippen LogP contribution in [0.5, 0.6) is 0 Å². The molecule has 262 valence electrons. The normalized spacial score (nSPS) is 18.4. The maximum absolute atomic E-state index is 13.3. The molecule has 4 aromatic heterocycles. The largest absolute Gasteiger partial charge is 0.368 e. The molecule has 14 nitrogen and oxygen atoms in total. The Hall–Kier alpha value is -5.79. The van der Waals surface area contributed by atoms with E-state index in [-0.39, 0.29) is 29.8 Å². The predicted molar refractivity (Wildman–Crippen MR) is 195 cm³/mol. The Bertz CT molecular complexity index is 2210. The van der Waals surface area contributed by atoms with Crippen molar-refractivity contribution in [1.82, 2.24) is 34.3 Å². The summed E-state index contributed by atoms with van der Waals surface area (Å²) in [6, 6.07) is 13.1. The molecule has 3 fully saturated rings. The van der Waals surface area contributed by atoms with Gasteiger partial charge >= 0.3 is 0 Å². The number of hydrogen-bond acceptors (Lipinski definition) is 10. The lowest BCUT2D eigenvalue weighted by molar-refractivity contribution is -0.135. The summed E-state index contributed by atoms with van der Waals surface area (Å²) in [6.07, 6.45) is 10.1. The number of aromatic nitrogens is 5. The number of imide groups is 1. The molecule has 3 amide bonds. The van der Waals surface area contributed by atoms with Crippen LogP contribution in [0.3, 0.4) is 0 Å². The van der Waals surface area contributed by atoms with Gasteiger partial charge in [0.25, 0.3) is 11.5 Å². The van der Waals surface area contributed by atoms with Crippen molar-refractivity contribution in [3.05, 3.63) is 77.1 Å². The monoisotopic (exact) mass is 688 g/mol. The Morgan fingerprint density at radius 3 is 2.31 bits per heavy atom. The molecule has 0 spiro atoms. The summed E-state index contributed by atoms with van der Waals surface area (Å²) in [6.45, 7) is 3.20. The molecular formula is C37H40N10O4. The van der Waals surface area contributed by atoms with Crippen LogP contribution in [0.4, 0.5) is 23.1 Å². The number of carbonyl (C=O) groups excluding carboxylic acids is 3. The van der Waals surface area contributed by atoms with Gasteiger partial charge in [-0.2, -0.15) is 4.98 Å². The third kappa shape index (κ3) is 6.15. The van der Waals surface area contributed by atoms with Crippen molar-refractivity contribution >= 4 is 62.7 Å². The minimum atomic E-state index is -0.682. The first-order chi connectivity index (χ1) is 24.7. The van der Waals surface area contributed by atoms with E-state index in [0.717, 1.165) is 79.7 Å². The van der Waals surface area contributed by atoms with Crippen molar-refractivity contribution in [2.45, 2.75) is 50.6 Å². The molecule has 0 radical (unpaired) electrons. The van der Waals surface area contributed by atoms with Gasteiger partial charge in [-0.05, 0) is 67.1 Å². The third-order valence-corrected chi connectivity index (χ3v) is 10.3. The van der Waals surface area contributed by atoms with Crippen LogP contribution >= 0.6 is 0 Å². The van der Waals surface area contributed by atoms with Crippen LogP contribution in [0.25, 0.3) is 21.8 Å². The van der Waals surface area contributed by atoms with Gasteiger partial charge in [0.1, 0.15) is 23.2 Å². The van der Waals surface area contributed by atoms with Crippen molar-refractivity contribution in [2.24, 2.45) is 0 Å². The van der Waals surface area contributed by atoms with Crippen molar-refractivity contribution in [3.63, 3.8) is 0 Å². The van der Waals surface area contributed by atoms with Gasteiger partial charge in [-0.1, -0.05) is 12.8 Å². The molecule has 3 aliphatic rings. The van der Waals surface area contributed by atoms with Crippen molar-refractivity contribution in [3.8, 4) is 0 Å². The average Bonchev–Trinajstić information content (AvgIpc) is 3.80. The molecule has 51 heavy (non-hydrogen) atoms. The maximum atomic E-state index is 13.3. The molecule has 0 bridgehead atoms. The summed E-state index contributed by atoms with van der Waals surface area (Å²) in [5.74, 6) is 0.286. The van der Waals surface area contributed by atoms with Crippen molar-refractivity contribution in [2.75, 3.05) is 55.4 Å². The van der Waals surface area contributed by atoms with Gasteiger partial charge in [-0.15, -0.1) is 0 Å². The number of pyridine rings is 2. The van der Waals surface area contributed by atoms with E-state index in [1.807, 2.05) is 48.7 Å². The summed E-state index contributed by atoms with van der Waals surface area (Å²) in [7, 11) is 3.54. The minimum Gasteiger partial charge on any atom is -0.368 e. The Kier molecular flexibility index (Phi) is 8.36. The number of nitrogens with one attached hydrogen (secondary N) is 2. The van der Waals surface area contributed by atoms with E-state index < -0.39 is 11.9 Å². The van der Waals surface area contributed by atoms with E-state index in [1.165, 1.54) is 4.57 Å². The summed E-state index contributed by atoms with van der Waals surface area (Å²) >= 11 is 0. The molecular weight excluding hydrogens is 648 g/mol. The molecule has 2 saturated heterocycles. The number of nitrogens with zero attached hydrogens (tertiary/aromatic N) is 8. The van der Waals surface area contributed by atoms with Gasteiger partial charge in [-0.25, -0.2) is 9.97 Å². The number of anilines is 4. The molecule has 1 aliphatic carbocycles.